The minimum absolute atomic E-state index is 0.536. The highest BCUT2D eigenvalue weighted by Gasteiger charge is 2.42. The lowest BCUT2D eigenvalue weighted by molar-refractivity contribution is 0.0470. The van der Waals surface area contributed by atoms with Crippen LogP contribution in [0.1, 0.15) is 37.7 Å². The van der Waals surface area contributed by atoms with Crippen molar-refractivity contribution in [1.82, 2.24) is 9.80 Å². The summed E-state index contributed by atoms with van der Waals surface area (Å²) in [5.41, 5.74) is 1.47. The Morgan fingerprint density at radius 3 is 2.59 bits per heavy atom. The van der Waals surface area contributed by atoms with Gasteiger partial charge in [0.25, 0.3) is 0 Å². The first-order valence-corrected chi connectivity index (χ1v) is 8.96. The van der Waals surface area contributed by atoms with E-state index in [2.05, 4.69) is 40.1 Å². The van der Waals surface area contributed by atoms with E-state index >= 15 is 0 Å². The Balaban J connectivity index is 1.45. The maximum atomic E-state index is 6.06. The van der Waals surface area contributed by atoms with Crippen LogP contribution in [-0.2, 0) is 11.2 Å². The molecule has 0 aliphatic carbocycles. The molecule has 0 saturated carbocycles. The van der Waals surface area contributed by atoms with Crippen molar-refractivity contribution in [2.75, 3.05) is 26.2 Å². The third-order valence-corrected chi connectivity index (χ3v) is 5.48. The molecule has 3 saturated heterocycles. The van der Waals surface area contributed by atoms with Crippen molar-refractivity contribution < 1.29 is 4.74 Å². The molecule has 1 aromatic rings. The van der Waals surface area contributed by atoms with E-state index in [9.17, 15) is 0 Å². The predicted molar refractivity (Wildman–Crippen MR) is 88.3 cm³/mol. The SMILES string of the molecule is c1ccc(CC2CCCN2C2CCO[C]2N2CCCC2)cc1. The number of likely N-dealkylation sites (tertiary alicyclic amines) is 2. The molecule has 119 valence electrons. The van der Waals surface area contributed by atoms with E-state index in [1.54, 1.807) is 0 Å². The van der Waals surface area contributed by atoms with Gasteiger partial charge in [0.15, 0.2) is 6.23 Å². The second-order valence-electron chi connectivity index (χ2n) is 6.91. The Kier molecular flexibility index (Phi) is 4.47. The molecular weight excluding hydrogens is 272 g/mol. The van der Waals surface area contributed by atoms with Crippen LogP contribution >= 0.6 is 0 Å². The van der Waals surface area contributed by atoms with Crippen LogP contribution in [0.15, 0.2) is 30.3 Å². The van der Waals surface area contributed by atoms with Gasteiger partial charge in [-0.15, -0.1) is 0 Å². The summed E-state index contributed by atoms with van der Waals surface area (Å²) >= 11 is 0. The summed E-state index contributed by atoms with van der Waals surface area (Å²) in [6, 6.07) is 12.2. The van der Waals surface area contributed by atoms with Gasteiger partial charge < -0.3 is 4.74 Å². The minimum Gasteiger partial charge on any atom is -0.354 e. The molecule has 3 aliphatic heterocycles. The lowest BCUT2D eigenvalue weighted by Crippen LogP contribution is -2.46. The molecule has 3 nitrogen and oxygen atoms in total. The molecule has 2 atom stereocenters. The number of hydrogen-bond donors (Lipinski definition) is 0. The fraction of sp³-hybridized carbons (Fsp3) is 0.632. The van der Waals surface area contributed by atoms with Gasteiger partial charge in [-0.05, 0) is 50.6 Å². The van der Waals surface area contributed by atoms with Crippen LogP contribution < -0.4 is 0 Å². The highest BCUT2D eigenvalue weighted by molar-refractivity contribution is 5.17. The highest BCUT2D eigenvalue weighted by atomic mass is 16.5. The van der Waals surface area contributed by atoms with Crippen LogP contribution in [0.4, 0.5) is 0 Å². The molecule has 4 rings (SSSR count). The summed E-state index contributed by atoms with van der Waals surface area (Å²) in [7, 11) is 0. The van der Waals surface area contributed by atoms with Crippen LogP contribution in [0.25, 0.3) is 0 Å². The van der Waals surface area contributed by atoms with Gasteiger partial charge in [0.05, 0.1) is 12.6 Å². The van der Waals surface area contributed by atoms with Crippen molar-refractivity contribution >= 4 is 0 Å². The molecule has 0 spiro atoms. The smallest absolute Gasteiger partial charge is 0.181 e. The topological polar surface area (TPSA) is 15.7 Å². The maximum absolute atomic E-state index is 6.06. The molecule has 1 aromatic carbocycles. The molecule has 3 heterocycles. The first kappa shape index (κ1) is 14.7. The fourth-order valence-corrected chi connectivity index (χ4v) is 4.42. The molecule has 3 heteroatoms. The van der Waals surface area contributed by atoms with Gasteiger partial charge in [-0.3, -0.25) is 9.80 Å². The van der Waals surface area contributed by atoms with E-state index in [1.165, 1.54) is 70.0 Å². The standard InChI is InChI=1S/C19H27N2O/c1-2-7-16(8-3-1)15-17-9-6-13-21(17)18-10-14-22-19(18)20-11-4-5-12-20/h1-3,7-8,17-18H,4-6,9-15H2. The van der Waals surface area contributed by atoms with Crippen molar-refractivity contribution in [2.24, 2.45) is 0 Å². The van der Waals surface area contributed by atoms with Gasteiger partial charge in [0.1, 0.15) is 0 Å². The van der Waals surface area contributed by atoms with Gasteiger partial charge in [-0.1, -0.05) is 30.3 Å². The minimum atomic E-state index is 0.536. The molecule has 3 aliphatic rings. The van der Waals surface area contributed by atoms with Crippen molar-refractivity contribution in [1.29, 1.82) is 0 Å². The lowest BCUT2D eigenvalue weighted by atomic mass is 10.0. The highest BCUT2D eigenvalue weighted by Crippen LogP contribution is 2.36. The van der Waals surface area contributed by atoms with Gasteiger partial charge in [0.2, 0.25) is 0 Å². The molecule has 0 N–H and O–H groups in total. The Hall–Kier alpha value is -0.900. The zero-order chi connectivity index (χ0) is 14.8. The summed E-state index contributed by atoms with van der Waals surface area (Å²) < 4.78 is 6.06. The Labute approximate surface area is 134 Å². The molecule has 1 radical (unpaired) electrons. The molecule has 2 unspecified atom stereocenters. The molecule has 0 bridgehead atoms. The van der Waals surface area contributed by atoms with E-state index < -0.39 is 0 Å². The molecule has 22 heavy (non-hydrogen) atoms. The van der Waals surface area contributed by atoms with Crippen LogP contribution in [0.2, 0.25) is 0 Å². The zero-order valence-electron chi connectivity index (χ0n) is 13.4. The van der Waals surface area contributed by atoms with E-state index in [0.717, 1.165) is 6.61 Å². The summed E-state index contributed by atoms with van der Waals surface area (Å²) in [5, 5.41) is 0. The van der Waals surface area contributed by atoms with Gasteiger partial charge in [0, 0.05) is 19.1 Å². The molecule has 0 amide bonds. The van der Waals surface area contributed by atoms with Crippen LogP contribution in [0, 0.1) is 6.23 Å². The van der Waals surface area contributed by atoms with E-state index in [1.807, 2.05) is 0 Å². The van der Waals surface area contributed by atoms with Crippen molar-refractivity contribution in [2.45, 2.75) is 50.6 Å². The molecule has 3 fully saturated rings. The Morgan fingerprint density at radius 2 is 1.77 bits per heavy atom. The third kappa shape index (κ3) is 2.94. The largest absolute Gasteiger partial charge is 0.354 e. The number of nitrogens with zero attached hydrogens (tertiary/aromatic N) is 2. The number of hydrogen-bond acceptors (Lipinski definition) is 3. The van der Waals surface area contributed by atoms with E-state index in [4.69, 9.17) is 4.74 Å². The maximum Gasteiger partial charge on any atom is 0.181 e. The Bertz CT molecular complexity index is 472. The van der Waals surface area contributed by atoms with Crippen LogP contribution in [-0.4, -0.2) is 48.1 Å². The van der Waals surface area contributed by atoms with Crippen molar-refractivity contribution in [3.8, 4) is 0 Å². The van der Waals surface area contributed by atoms with Gasteiger partial charge in [-0.2, -0.15) is 0 Å². The molecule has 0 aromatic heterocycles. The van der Waals surface area contributed by atoms with Crippen molar-refractivity contribution in [3.05, 3.63) is 42.1 Å². The average molecular weight is 299 g/mol. The van der Waals surface area contributed by atoms with E-state index in [0.29, 0.717) is 12.1 Å². The summed E-state index contributed by atoms with van der Waals surface area (Å²) in [5.74, 6) is 0. The number of rotatable bonds is 4. The van der Waals surface area contributed by atoms with Gasteiger partial charge >= 0.3 is 0 Å². The zero-order valence-corrected chi connectivity index (χ0v) is 13.4. The predicted octanol–water partition coefficient (Wildman–Crippen LogP) is 3.07. The Morgan fingerprint density at radius 1 is 0.955 bits per heavy atom. The quantitative estimate of drug-likeness (QED) is 0.850. The average Bonchev–Trinajstić information content (AvgIpc) is 3.29. The second-order valence-corrected chi connectivity index (χ2v) is 6.91. The monoisotopic (exact) mass is 299 g/mol. The number of ether oxygens (including phenoxy) is 1. The third-order valence-electron chi connectivity index (χ3n) is 5.48. The van der Waals surface area contributed by atoms with Crippen molar-refractivity contribution in [3.63, 3.8) is 0 Å². The summed E-state index contributed by atoms with van der Waals surface area (Å²) in [6.07, 6.45) is 8.97. The lowest BCUT2D eigenvalue weighted by Gasteiger charge is -2.36. The van der Waals surface area contributed by atoms with Gasteiger partial charge in [-0.25, -0.2) is 0 Å². The first-order chi connectivity index (χ1) is 10.9. The first-order valence-electron chi connectivity index (χ1n) is 8.96. The second kappa shape index (κ2) is 6.69. The van der Waals surface area contributed by atoms with Crippen LogP contribution in [0.5, 0.6) is 0 Å². The molecular formula is C19H27N2O. The fourth-order valence-electron chi connectivity index (χ4n) is 4.42. The normalized spacial score (nSPS) is 31.3. The van der Waals surface area contributed by atoms with Crippen LogP contribution in [0.3, 0.4) is 0 Å². The number of benzene rings is 1. The van der Waals surface area contributed by atoms with E-state index in [-0.39, 0.29) is 0 Å². The summed E-state index contributed by atoms with van der Waals surface area (Å²) in [4.78, 5) is 5.25. The summed E-state index contributed by atoms with van der Waals surface area (Å²) in [6.45, 7) is 4.54.